The highest BCUT2D eigenvalue weighted by atomic mass is 35.5. The molecule has 0 aliphatic heterocycles. The van der Waals surface area contributed by atoms with Crippen LogP contribution in [0.4, 0.5) is 4.39 Å². The van der Waals surface area contributed by atoms with E-state index in [0.29, 0.717) is 32.9 Å². The van der Waals surface area contributed by atoms with Crippen LogP contribution in [0.2, 0.25) is 10.0 Å². The van der Waals surface area contributed by atoms with Crippen LogP contribution in [0.1, 0.15) is 21.6 Å². The molecule has 5 nitrogen and oxygen atoms in total. The van der Waals surface area contributed by atoms with E-state index in [9.17, 15) is 9.18 Å². The van der Waals surface area contributed by atoms with E-state index in [4.69, 9.17) is 27.9 Å². The van der Waals surface area contributed by atoms with Gasteiger partial charge in [-0.05, 0) is 41.5 Å². The van der Waals surface area contributed by atoms with Gasteiger partial charge in [0.1, 0.15) is 28.9 Å². The van der Waals surface area contributed by atoms with Crippen LogP contribution >= 0.6 is 34.5 Å². The quantitative estimate of drug-likeness (QED) is 0.339. The number of carbonyl (C=O) groups is 1. The first-order chi connectivity index (χ1) is 15.5. The zero-order valence-corrected chi connectivity index (χ0v) is 18.8. The predicted molar refractivity (Wildman–Crippen MR) is 124 cm³/mol. The first kappa shape index (κ1) is 22.2. The number of nitrogens with one attached hydrogen (secondary N) is 1. The molecule has 32 heavy (non-hydrogen) atoms. The van der Waals surface area contributed by atoms with Crippen LogP contribution in [-0.2, 0) is 13.2 Å². The smallest absolute Gasteiger partial charge is 0.271 e. The largest absolute Gasteiger partial charge is 0.489 e. The van der Waals surface area contributed by atoms with Gasteiger partial charge in [-0.15, -0.1) is 11.3 Å². The number of aromatic nitrogens is 2. The van der Waals surface area contributed by atoms with Gasteiger partial charge < -0.3 is 10.1 Å². The Kier molecular flexibility index (Phi) is 6.99. The van der Waals surface area contributed by atoms with Crippen LogP contribution in [0, 0.1) is 5.82 Å². The molecule has 0 spiro atoms. The van der Waals surface area contributed by atoms with Crippen molar-refractivity contribution < 1.29 is 13.9 Å². The SMILES string of the molecule is O=C(NCc1cccnc1)c1csc(-c2ccc(OCc3ccc(Cl)c(Cl)c3)cc2F)n1. The number of hydrogen-bond donors (Lipinski definition) is 1. The number of halogens is 3. The molecule has 0 atom stereocenters. The average Bonchev–Trinajstić information content (AvgIpc) is 3.29. The summed E-state index contributed by atoms with van der Waals surface area (Å²) in [5.74, 6) is -0.463. The van der Waals surface area contributed by atoms with Crippen molar-refractivity contribution >= 4 is 40.4 Å². The summed E-state index contributed by atoms with van der Waals surface area (Å²) < 4.78 is 20.3. The van der Waals surface area contributed by atoms with Gasteiger partial charge in [-0.25, -0.2) is 9.37 Å². The Bertz CT molecular complexity index is 1250. The molecule has 0 aliphatic rings. The summed E-state index contributed by atoms with van der Waals surface area (Å²) in [6, 6.07) is 13.3. The molecule has 4 aromatic rings. The molecular weight excluding hydrogens is 472 g/mol. The van der Waals surface area contributed by atoms with Crippen molar-refractivity contribution in [1.29, 1.82) is 0 Å². The number of hydrogen-bond acceptors (Lipinski definition) is 5. The van der Waals surface area contributed by atoms with E-state index in [2.05, 4.69) is 15.3 Å². The summed E-state index contributed by atoms with van der Waals surface area (Å²) in [6.45, 7) is 0.549. The highest BCUT2D eigenvalue weighted by Crippen LogP contribution is 2.30. The number of benzene rings is 2. The maximum Gasteiger partial charge on any atom is 0.271 e. The fourth-order valence-corrected chi connectivity index (χ4v) is 3.98. The normalized spacial score (nSPS) is 10.7. The van der Waals surface area contributed by atoms with Gasteiger partial charge in [-0.1, -0.05) is 35.3 Å². The first-order valence-corrected chi connectivity index (χ1v) is 11.1. The van der Waals surface area contributed by atoms with Gasteiger partial charge >= 0.3 is 0 Å². The highest BCUT2D eigenvalue weighted by molar-refractivity contribution is 7.13. The van der Waals surface area contributed by atoms with E-state index in [1.165, 1.54) is 17.4 Å². The van der Waals surface area contributed by atoms with Crippen molar-refractivity contribution in [3.8, 4) is 16.3 Å². The van der Waals surface area contributed by atoms with Gasteiger partial charge in [0.15, 0.2) is 0 Å². The highest BCUT2D eigenvalue weighted by Gasteiger charge is 2.15. The molecule has 0 saturated carbocycles. The Morgan fingerprint density at radius 1 is 1.09 bits per heavy atom. The topological polar surface area (TPSA) is 64.1 Å². The molecule has 1 amide bonds. The molecule has 0 bridgehead atoms. The molecule has 1 N–H and O–H groups in total. The van der Waals surface area contributed by atoms with E-state index < -0.39 is 5.82 Å². The first-order valence-electron chi connectivity index (χ1n) is 9.49. The Morgan fingerprint density at radius 2 is 1.97 bits per heavy atom. The summed E-state index contributed by atoms with van der Waals surface area (Å²) in [7, 11) is 0. The van der Waals surface area contributed by atoms with E-state index >= 15 is 0 Å². The van der Waals surface area contributed by atoms with Crippen molar-refractivity contribution in [2.45, 2.75) is 13.2 Å². The molecule has 2 heterocycles. The summed E-state index contributed by atoms with van der Waals surface area (Å²) in [6.07, 6.45) is 3.34. The van der Waals surface area contributed by atoms with E-state index in [1.54, 1.807) is 54.2 Å². The number of rotatable bonds is 7. The fraction of sp³-hybridized carbons (Fsp3) is 0.0870. The van der Waals surface area contributed by atoms with Crippen molar-refractivity contribution in [2.75, 3.05) is 0 Å². The van der Waals surface area contributed by atoms with Crippen LogP contribution in [0.15, 0.2) is 66.3 Å². The third-order valence-electron chi connectivity index (χ3n) is 4.47. The summed E-state index contributed by atoms with van der Waals surface area (Å²) in [5.41, 5.74) is 2.21. The van der Waals surface area contributed by atoms with Gasteiger partial charge in [0, 0.05) is 35.9 Å². The van der Waals surface area contributed by atoms with E-state index in [1.807, 2.05) is 6.07 Å². The number of ether oxygens (including phenoxy) is 1. The lowest BCUT2D eigenvalue weighted by molar-refractivity contribution is 0.0946. The molecule has 2 aromatic heterocycles. The Hall–Kier alpha value is -3.00. The summed E-state index contributed by atoms with van der Waals surface area (Å²) >= 11 is 13.1. The fourth-order valence-electron chi connectivity index (χ4n) is 2.83. The van der Waals surface area contributed by atoms with Crippen molar-refractivity contribution in [3.63, 3.8) is 0 Å². The molecule has 0 fully saturated rings. The molecule has 2 aromatic carbocycles. The van der Waals surface area contributed by atoms with Crippen LogP contribution in [0.5, 0.6) is 5.75 Å². The molecule has 0 radical (unpaired) electrons. The van der Waals surface area contributed by atoms with Crippen LogP contribution in [0.25, 0.3) is 10.6 Å². The molecule has 0 aliphatic carbocycles. The number of carbonyl (C=O) groups excluding carboxylic acids is 1. The van der Waals surface area contributed by atoms with Crippen molar-refractivity contribution in [1.82, 2.24) is 15.3 Å². The third-order valence-corrected chi connectivity index (χ3v) is 6.09. The predicted octanol–water partition coefficient (Wildman–Crippen LogP) is 6.16. The molecule has 0 saturated heterocycles. The van der Waals surface area contributed by atoms with Crippen molar-refractivity contribution in [2.24, 2.45) is 0 Å². The van der Waals surface area contributed by atoms with Crippen molar-refractivity contribution in [3.05, 3.63) is 99.0 Å². The van der Waals surface area contributed by atoms with Gasteiger partial charge in [0.2, 0.25) is 0 Å². The summed E-state index contributed by atoms with van der Waals surface area (Å²) in [4.78, 5) is 20.6. The lowest BCUT2D eigenvalue weighted by Gasteiger charge is -2.08. The number of pyridine rings is 1. The zero-order valence-electron chi connectivity index (χ0n) is 16.5. The maximum atomic E-state index is 14.7. The molecule has 0 unspecified atom stereocenters. The second-order valence-electron chi connectivity index (χ2n) is 6.76. The minimum Gasteiger partial charge on any atom is -0.489 e. The minimum absolute atomic E-state index is 0.216. The number of thiazole rings is 1. The lowest BCUT2D eigenvalue weighted by atomic mass is 10.2. The van der Waals surface area contributed by atoms with Crippen LogP contribution < -0.4 is 10.1 Å². The number of nitrogens with zero attached hydrogens (tertiary/aromatic N) is 2. The van der Waals surface area contributed by atoms with Gasteiger partial charge in [0.05, 0.1) is 10.0 Å². The zero-order chi connectivity index (χ0) is 22.5. The number of amides is 1. The second kappa shape index (κ2) is 10.1. The Balaban J connectivity index is 1.40. The van der Waals surface area contributed by atoms with Gasteiger partial charge in [-0.3, -0.25) is 9.78 Å². The Labute approximate surface area is 197 Å². The summed E-state index contributed by atoms with van der Waals surface area (Å²) in [5, 5.41) is 5.67. The van der Waals surface area contributed by atoms with Gasteiger partial charge in [0.25, 0.3) is 5.91 Å². The minimum atomic E-state index is -0.492. The molecule has 162 valence electrons. The Morgan fingerprint density at radius 3 is 2.72 bits per heavy atom. The monoisotopic (exact) mass is 487 g/mol. The lowest BCUT2D eigenvalue weighted by Crippen LogP contribution is -2.23. The molecular formula is C23H16Cl2FN3O2S. The second-order valence-corrected chi connectivity index (χ2v) is 8.43. The average molecular weight is 488 g/mol. The van der Waals surface area contributed by atoms with E-state index in [-0.39, 0.29) is 18.2 Å². The standard InChI is InChI=1S/C23H16Cl2FN3O2S/c24-18-6-3-14(8-19(18)25)12-31-16-4-5-17(20(26)9-16)23-29-21(13-32-23)22(30)28-11-15-2-1-7-27-10-15/h1-10,13H,11-12H2,(H,28,30). The maximum absolute atomic E-state index is 14.7. The van der Waals surface area contributed by atoms with Crippen LogP contribution in [0.3, 0.4) is 0 Å². The van der Waals surface area contributed by atoms with Crippen LogP contribution in [-0.4, -0.2) is 15.9 Å². The molecule has 4 rings (SSSR count). The molecule has 9 heteroatoms. The van der Waals surface area contributed by atoms with E-state index in [0.717, 1.165) is 11.1 Å². The third kappa shape index (κ3) is 5.43. The van der Waals surface area contributed by atoms with Gasteiger partial charge in [-0.2, -0.15) is 0 Å².